The lowest BCUT2D eigenvalue weighted by Crippen LogP contribution is -2.17. The molecule has 2 heterocycles. The average molecular weight is 292 g/mol. The zero-order valence-corrected chi connectivity index (χ0v) is 12.0. The van der Waals surface area contributed by atoms with Crippen LogP contribution in [0.15, 0.2) is 60.0 Å². The Morgan fingerprint density at radius 3 is 2.86 bits per heavy atom. The van der Waals surface area contributed by atoms with Crippen molar-refractivity contribution in [2.24, 2.45) is 5.10 Å². The van der Waals surface area contributed by atoms with Gasteiger partial charge in [-0.2, -0.15) is 5.10 Å². The SMILES string of the molecule is O=C(CCc1cc2ccccc2[nH]1)N/N=C\c1ccncc1. The molecular weight excluding hydrogens is 276 g/mol. The van der Waals surface area contributed by atoms with Gasteiger partial charge in [0.15, 0.2) is 0 Å². The first-order valence-corrected chi connectivity index (χ1v) is 7.10. The van der Waals surface area contributed by atoms with Crippen molar-refractivity contribution in [3.8, 4) is 0 Å². The standard InChI is InChI=1S/C17H16N4O/c22-17(21-19-12-13-7-9-18-10-8-13)6-5-15-11-14-3-1-2-4-16(14)20-15/h1-4,7-12,20H,5-6H2,(H,21,22)/b19-12-. The van der Waals surface area contributed by atoms with Crippen molar-refractivity contribution in [3.63, 3.8) is 0 Å². The molecule has 0 saturated carbocycles. The van der Waals surface area contributed by atoms with Crippen molar-refractivity contribution < 1.29 is 4.79 Å². The third-order valence-electron chi connectivity index (χ3n) is 3.32. The number of carbonyl (C=O) groups is 1. The van der Waals surface area contributed by atoms with E-state index < -0.39 is 0 Å². The van der Waals surface area contributed by atoms with E-state index in [1.165, 1.54) is 0 Å². The Morgan fingerprint density at radius 1 is 1.23 bits per heavy atom. The highest BCUT2D eigenvalue weighted by Crippen LogP contribution is 2.15. The van der Waals surface area contributed by atoms with E-state index in [0.717, 1.165) is 22.2 Å². The van der Waals surface area contributed by atoms with Gasteiger partial charge >= 0.3 is 0 Å². The first-order valence-electron chi connectivity index (χ1n) is 7.10. The lowest BCUT2D eigenvalue weighted by Gasteiger charge is -1.98. The molecule has 0 aliphatic rings. The first-order chi connectivity index (χ1) is 10.8. The topological polar surface area (TPSA) is 70.1 Å². The quantitative estimate of drug-likeness (QED) is 0.560. The largest absolute Gasteiger partial charge is 0.358 e. The number of aryl methyl sites for hydroxylation is 1. The van der Waals surface area contributed by atoms with Crippen LogP contribution in [0.1, 0.15) is 17.7 Å². The lowest BCUT2D eigenvalue weighted by atomic mass is 10.2. The molecule has 0 saturated heterocycles. The number of para-hydroxylation sites is 1. The maximum absolute atomic E-state index is 11.8. The van der Waals surface area contributed by atoms with Crippen LogP contribution in [0, 0.1) is 0 Å². The van der Waals surface area contributed by atoms with E-state index >= 15 is 0 Å². The number of rotatable bonds is 5. The van der Waals surface area contributed by atoms with Gasteiger partial charge in [-0.1, -0.05) is 18.2 Å². The second-order valence-electron chi connectivity index (χ2n) is 4.96. The summed E-state index contributed by atoms with van der Waals surface area (Å²) in [5, 5.41) is 5.09. The Bertz CT molecular complexity index is 760. The number of carbonyl (C=O) groups excluding carboxylic acids is 1. The number of hydrogen-bond acceptors (Lipinski definition) is 3. The number of aromatic nitrogens is 2. The molecule has 2 aromatic heterocycles. The van der Waals surface area contributed by atoms with Crippen LogP contribution in [0.25, 0.3) is 10.9 Å². The Balaban J connectivity index is 1.51. The van der Waals surface area contributed by atoms with Gasteiger partial charge in [0.25, 0.3) is 0 Å². The third kappa shape index (κ3) is 3.58. The van der Waals surface area contributed by atoms with Gasteiger partial charge in [0.05, 0.1) is 6.21 Å². The number of nitrogens with one attached hydrogen (secondary N) is 2. The number of benzene rings is 1. The Labute approximate surface area is 128 Å². The maximum atomic E-state index is 11.8. The summed E-state index contributed by atoms with van der Waals surface area (Å²) in [7, 11) is 0. The molecule has 5 heteroatoms. The Kier molecular flexibility index (Phi) is 4.25. The van der Waals surface area contributed by atoms with Crippen LogP contribution in [0.4, 0.5) is 0 Å². The molecule has 22 heavy (non-hydrogen) atoms. The van der Waals surface area contributed by atoms with Crippen molar-refractivity contribution in [2.45, 2.75) is 12.8 Å². The van der Waals surface area contributed by atoms with Crippen molar-refractivity contribution in [1.82, 2.24) is 15.4 Å². The molecule has 3 aromatic rings. The van der Waals surface area contributed by atoms with Gasteiger partial charge in [0.1, 0.15) is 0 Å². The van der Waals surface area contributed by atoms with E-state index in [1.54, 1.807) is 18.6 Å². The second-order valence-corrected chi connectivity index (χ2v) is 4.96. The summed E-state index contributed by atoms with van der Waals surface area (Å²) in [6, 6.07) is 13.8. The Hall–Kier alpha value is -2.95. The number of fused-ring (bicyclic) bond motifs is 1. The number of amides is 1. The number of hydrogen-bond donors (Lipinski definition) is 2. The number of pyridine rings is 1. The summed E-state index contributed by atoms with van der Waals surface area (Å²) in [4.78, 5) is 19.0. The lowest BCUT2D eigenvalue weighted by molar-refractivity contribution is -0.121. The molecule has 0 fully saturated rings. The molecule has 0 aliphatic carbocycles. The van der Waals surface area contributed by atoms with Crippen molar-refractivity contribution in [2.75, 3.05) is 0 Å². The van der Waals surface area contributed by atoms with E-state index in [0.29, 0.717) is 12.8 Å². The van der Waals surface area contributed by atoms with Gasteiger partial charge in [-0.05, 0) is 41.6 Å². The molecular formula is C17H16N4O. The van der Waals surface area contributed by atoms with Crippen LogP contribution in [-0.2, 0) is 11.2 Å². The smallest absolute Gasteiger partial charge is 0.240 e. The molecule has 1 amide bonds. The minimum absolute atomic E-state index is 0.107. The fraction of sp³-hybridized carbons (Fsp3) is 0.118. The van der Waals surface area contributed by atoms with Crippen LogP contribution in [0.5, 0.6) is 0 Å². The number of hydrazone groups is 1. The highest BCUT2D eigenvalue weighted by Gasteiger charge is 2.04. The fourth-order valence-corrected chi connectivity index (χ4v) is 2.20. The predicted octanol–water partition coefficient (Wildman–Crippen LogP) is 2.65. The zero-order valence-electron chi connectivity index (χ0n) is 12.0. The molecule has 5 nitrogen and oxygen atoms in total. The van der Waals surface area contributed by atoms with Gasteiger partial charge in [-0.3, -0.25) is 9.78 Å². The van der Waals surface area contributed by atoms with E-state index in [9.17, 15) is 4.79 Å². The summed E-state index contributed by atoms with van der Waals surface area (Å²) >= 11 is 0. The summed E-state index contributed by atoms with van der Waals surface area (Å²) < 4.78 is 0. The monoisotopic (exact) mass is 292 g/mol. The Morgan fingerprint density at radius 2 is 2.05 bits per heavy atom. The molecule has 0 bridgehead atoms. The van der Waals surface area contributed by atoms with Crippen LogP contribution in [0.3, 0.4) is 0 Å². The highest BCUT2D eigenvalue weighted by atomic mass is 16.2. The molecule has 0 spiro atoms. The molecule has 0 atom stereocenters. The normalized spacial score (nSPS) is 11.1. The molecule has 0 aliphatic heterocycles. The summed E-state index contributed by atoms with van der Waals surface area (Å²) in [6.45, 7) is 0. The maximum Gasteiger partial charge on any atom is 0.240 e. The molecule has 0 unspecified atom stereocenters. The second kappa shape index (κ2) is 6.67. The fourth-order valence-electron chi connectivity index (χ4n) is 2.20. The highest BCUT2D eigenvalue weighted by molar-refractivity contribution is 5.83. The molecule has 110 valence electrons. The summed E-state index contributed by atoms with van der Waals surface area (Å²) in [5.74, 6) is -0.107. The molecule has 0 radical (unpaired) electrons. The first kappa shape index (κ1) is 14.0. The third-order valence-corrected chi connectivity index (χ3v) is 3.32. The minimum Gasteiger partial charge on any atom is -0.358 e. The van der Waals surface area contributed by atoms with Crippen molar-refractivity contribution in [1.29, 1.82) is 0 Å². The summed E-state index contributed by atoms with van der Waals surface area (Å²) in [6.07, 6.45) is 6.01. The summed E-state index contributed by atoms with van der Waals surface area (Å²) in [5.41, 5.74) is 5.57. The molecule has 2 N–H and O–H groups in total. The van der Waals surface area contributed by atoms with Gasteiger partial charge in [-0.25, -0.2) is 5.43 Å². The van der Waals surface area contributed by atoms with Crippen molar-refractivity contribution >= 4 is 23.0 Å². The van der Waals surface area contributed by atoms with E-state index in [1.807, 2.05) is 30.3 Å². The van der Waals surface area contributed by atoms with Gasteiger partial charge in [0.2, 0.25) is 5.91 Å². The van der Waals surface area contributed by atoms with Gasteiger partial charge < -0.3 is 4.98 Å². The van der Waals surface area contributed by atoms with Crippen molar-refractivity contribution in [3.05, 3.63) is 66.1 Å². The van der Waals surface area contributed by atoms with Crippen LogP contribution < -0.4 is 5.43 Å². The number of aromatic amines is 1. The van der Waals surface area contributed by atoms with Crippen LogP contribution >= 0.6 is 0 Å². The van der Waals surface area contributed by atoms with Crippen LogP contribution in [0.2, 0.25) is 0 Å². The van der Waals surface area contributed by atoms with Gasteiger partial charge in [-0.15, -0.1) is 0 Å². The molecule has 1 aromatic carbocycles. The van der Waals surface area contributed by atoms with Crippen LogP contribution in [-0.4, -0.2) is 22.1 Å². The molecule has 3 rings (SSSR count). The van der Waals surface area contributed by atoms with E-state index in [2.05, 4.69) is 32.6 Å². The minimum atomic E-state index is -0.107. The average Bonchev–Trinajstić information content (AvgIpc) is 2.97. The van der Waals surface area contributed by atoms with Gasteiger partial charge in [0, 0.05) is 30.0 Å². The van der Waals surface area contributed by atoms with E-state index in [-0.39, 0.29) is 5.91 Å². The number of nitrogens with zero attached hydrogens (tertiary/aromatic N) is 2. The van der Waals surface area contributed by atoms with E-state index in [4.69, 9.17) is 0 Å². The zero-order chi connectivity index (χ0) is 15.2. The number of H-pyrrole nitrogens is 1. The predicted molar refractivity (Wildman–Crippen MR) is 86.6 cm³/mol.